The van der Waals surface area contributed by atoms with Crippen LogP contribution in [-0.2, 0) is 11.3 Å². The van der Waals surface area contributed by atoms with Gasteiger partial charge < -0.3 is 10.4 Å². The fraction of sp³-hybridized carbons (Fsp3) is 0.375. The Balaban J connectivity index is 1.64. The molecule has 1 unspecified atom stereocenters. The van der Waals surface area contributed by atoms with E-state index in [0.29, 0.717) is 28.9 Å². The summed E-state index contributed by atoms with van der Waals surface area (Å²) in [6.45, 7) is 2.19. The van der Waals surface area contributed by atoms with Gasteiger partial charge in [0.15, 0.2) is 5.13 Å². The van der Waals surface area contributed by atoms with E-state index in [-0.39, 0.29) is 5.92 Å². The van der Waals surface area contributed by atoms with Crippen molar-refractivity contribution < 1.29 is 9.90 Å². The molecular weight excluding hydrogens is 326 g/mol. The standard InChI is InChI=1S/C16H17N5O2S/c17-7-13-8-19-16(24-13)20-14-6-11(3-4-18-14)9-21-5-1-2-12(10-21)15(22)23/h3-4,6,8,12H,1-2,5,9-10H2,(H,22,23)(H,18,19,20). The smallest absolute Gasteiger partial charge is 0.307 e. The molecule has 3 heterocycles. The van der Waals surface area contributed by atoms with E-state index < -0.39 is 5.97 Å². The van der Waals surface area contributed by atoms with Crippen LogP contribution in [0.4, 0.5) is 10.9 Å². The molecule has 0 spiro atoms. The lowest BCUT2D eigenvalue weighted by Crippen LogP contribution is -2.38. The number of thiazole rings is 1. The maximum atomic E-state index is 11.2. The minimum atomic E-state index is -0.714. The van der Waals surface area contributed by atoms with Gasteiger partial charge in [-0.05, 0) is 37.1 Å². The van der Waals surface area contributed by atoms with Gasteiger partial charge in [0.2, 0.25) is 0 Å². The van der Waals surface area contributed by atoms with Crippen molar-refractivity contribution in [3.63, 3.8) is 0 Å². The number of nitriles is 1. The van der Waals surface area contributed by atoms with Crippen LogP contribution in [0.3, 0.4) is 0 Å². The fourth-order valence-electron chi connectivity index (χ4n) is 2.79. The van der Waals surface area contributed by atoms with Crippen LogP contribution >= 0.6 is 11.3 Å². The number of pyridine rings is 1. The van der Waals surface area contributed by atoms with E-state index >= 15 is 0 Å². The number of carbonyl (C=O) groups is 1. The first-order valence-corrected chi connectivity index (χ1v) is 8.49. The number of carboxylic acids is 1. The van der Waals surface area contributed by atoms with Crippen LogP contribution in [-0.4, -0.2) is 39.0 Å². The van der Waals surface area contributed by atoms with Crippen molar-refractivity contribution in [1.29, 1.82) is 5.26 Å². The topological polar surface area (TPSA) is 102 Å². The molecular formula is C16H17N5O2S. The van der Waals surface area contributed by atoms with Crippen LogP contribution in [0.2, 0.25) is 0 Å². The first-order chi connectivity index (χ1) is 11.6. The van der Waals surface area contributed by atoms with Crippen LogP contribution < -0.4 is 5.32 Å². The van der Waals surface area contributed by atoms with Gasteiger partial charge in [-0.25, -0.2) is 9.97 Å². The summed E-state index contributed by atoms with van der Waals surface area (Å²) in [5.74, 6) is -0.329. The Morgan fingerprint density at radius 2 is 2.42 bits per heavy atom. The van der Waals surface area contributed by atoms with E-state index in [2.05, 4.69) is 26.3 Å². The average molecular weight is 343 g/mol. The molecule has 1 fully saturated rings. The quantitative estimate of drug-likeness (QED) is 0.859. The Hall–Kier alpha value is -2.50. The molecule has 1 aliphatic heterocycles. The molecule has 8 heteroatoms. The lowest BCUT2D eigenvalue weighted by atomic mass is 9.98. The Labute approximate surface area is 143 Å². The highest BCUT2D eigenvalue weighted by Gasteiger charge is 2.25. The van der Waals surface area contributed by atoms with Gasteiger partial charge >= 0.3 is 5.97 Å². The van der Waals surface area contributed by atoms with Gasteiger partial charge in [-0.1, -0.05) is 11.3 Å². The lowest BCUT2D eigenvalue weighted by Gasteiger charge is -2.30. The Morgan fingerprint density at radius 3 is 3.17 bits per heavy atom. The number of nitrogens with one attached hydrogen (secondary N) is 1. The highest BCUT2D eigenvalue weighted by molar-refractivity contribution is 7.16. The van der Waals surface area contributed by atoms with Crippen LogP contribution in [0.25, 0.3) is 0 Å². The lowest BCUT2D eigenvalue weighted by molar-refractivity contribution is -0.143. The van der Waals surface area contributed by atoms with Crippen LogP contribution in [0.1, 0.15) is 23.3 Å². The summed E-state index contributed by atoms with van der Waals surface area (Å²) in [6.07, 6.45) is 4.90. The number of rotatable bonds is 5. The summed E-state index contributed by atoms with van der Waals surface area (Å²) in [5.41, 5.74) is 1.07. The summed E-state index contributed by atoms with van der Waals surface area (Å²) in [7, 11) is 0. The van der Waals surface area contributed by atoms with Gasteiger partial charge in [0.05, 0.1) is 12.1 Å². The summed E-state index contributed by atoms with van der Waals surface area (Å²) < 4.78 is 0. The molecule has 2 aromatic heterocycles. The maximum Gasteiger partial charge on any atom is 0.307 e. The van der Waals surface area contributed by atoms with Crippen molar-refractivity contribution in [3.05, 3.63) is 35.0 Å². The second-order valence-electron chi connectivity index (χ2n) is 5.73. The molecule has 0 saturated carbocycles. The average Bonchev–Trinajstić information content (AvgIpc) is 3.03. The van der Waals surface area contributed by atoms with Crippen molar-refractivity contribution in [3.8, 4) is 6.07 Å². The third-order valence-electron chi connectivity index (χ3n) is 3.94. The Morgan fingerprint density at radius 1 is 1.54 bits per heavy atom. The number of anilines is 2. The third-order valence-corrected chi connectivity index (χ3v) is 4.75. The van der Waals surface area contributed by atoms with Gasteiger partial charge in [-0.2, -0.15) is 5.26 Å². The predicted molar refractivity (Wildman–Crippen MR) is 90.0 cm³/mol. The van der Waals surface area contributed by atoms with E-state index in [0.717, 1.165) is 24.9 Å². The molecule has 0 aromatic carbocycles. The first-order valence-electron chi connectivity index (χ1n) is 7.67. The van der Waals surface area contributed by atoms with Gasteiger partial charge in [0.25, 0.3) is 0 Å². The molecule has 0 amide bonds. The highest BCUT2D eigenvalue weighted by atomic mass is 32.1. The molecule has 1 atom stereocenters. The molecule has 0 radical (unpaired) electrons. The molecule has 24 heavy (non-hydrogen) atoms. The van der Waals surface area contributed by atoms with Crippen molar-refractivity contribution >= 4 is 28.3 Å². The number of piperidine rings is 1. The van der Waals surface area contributed by atoms with Crippen molar-refractivity contribution in [1.82, 2.24) is 14.9 Å². The van der Waals surface area contributed by atoms with Gasteiger partial charge in [0.1, 0.15) is 16.8 Å². The minimum absolute atomic E-state index is 0.280. The molecule has 1 saturated heterocycles. The van der Waals surface area contributed by atoms with Crippen molar-refractivity contribution in [2.75, 3.05) is 18.4 Å². The fourth-order valence-corrected chi connectivity index (χ4v) is 3.41. The summed E-state index contributed by atoms with van der Waals surface area (Å²) in [6, 6.07) is 5.91. The van der Waals surface area contributed by atoms with E-state index in [9.17, 15) is 9.90 Å². The van der Waals surface area contributed by atoms with Crippen LogP contribution in [0, 0.1) is 17.2 Å². The number of aliphatic carboxylic acids is 1. The number of nitrogens with zero attached hydrogens (tertiary/aromatic N) is 4. The highest BCUT2D eigenvalue weighted by Crippen LogP contribution is 2.23. The summed E-state index contributed by atoms with van der Waals surface area (Å²) in [5, 5.41) is 21.7. The van der Waals surface area contributed by atoms with E-state index in [1.807, 2.05) is 12.1 Å². The van der Waals surface area contributed by atoms with E-state index in [1.165, 1.54) is 17.5 Å². The first kappa shape index (κ1) is 16.4. The van der Waals surface area contributed by atoms with E-state index in [1.54, 1.807) is 6.20 Å². The van der Waals surface area contributed by atoms with Crippen molar-refractivity contribution in [2.45, 2.75) is 19.4 Å². The molecule has 1 aliphatic rings. The summed E-state index contributed by atoms with van der Waals surface area (Å²) in [4.78, 5) is 22.3. The minimum Gasteiger partial charge on any atom is -0.481 e. The molecule has 0 bridgehead atoms. The van der Waals surface area contributed by atoms with Crippen LogP contribution in [0.5, 0.6) is 0 Å². The number of aromatic nitrogens is 2. The van der Waals surface area contributed by atoms with E-state index in [4.69, 9.17) is 5.26 Å². The monoisotopic (exact) mass is 343 g/mol. The number of hydrogen-bond acceptors (Lipinski definition) is 7. The SMILES string of the molecule is N#Cc1cnc(Nc2cc(CN3CCCC(C(=O)O)C3)ccn2)s1. The van der Waals surface area contributed by atoms with Gasteiger partial charge in [0, 0.05) is 19.3 Å². The van der Waals surface area contributed by atoms with Gasteiger partial charge in [-0.15, -0.1) is 0 Å². The zero-order valence-corrected chi connectivity index (χ0v) is 13.8. The molecule has 2 aromatic rings. The Bertz CT molecular complexity index is 770. The Kier molecular flexibility index (Phi) is 5.03. The predicted octanol–water partition coefficient (Wildman–Crippen LogP) is 2.45. The second kappa shape index (κ2) is 7.38. The largest absolute Gasteiger partial charge is 0.481 e. The number of likely N-dealkylation sites (tertiary alicyclic amines) is 1. The molecule has 7 nitrogen and oxygen atoms in total. The third kappa shape index (κ3) is 4.07. The zero-order valence-electron chi connectivity index (χ0n) is 13.0. The zero-order chi connectivity index (χ0) is 16.9. The number of hydrogen-bond donors (Lipinski definition) is 2. The molecule has 124 valence electrons. The molecule has 3 rings (SSSR count). The second-order valence-corrected chi connectivity index (χ2v) is 6.76. The number of carboxylic acid groups (broad SMARTS) is 1. The molecule has 0 aliphatic carbocycles. The van der Waals surface area contributed by atoms with Crippen molar-refractivity contribution in [2.24, 2.45) is 5.92 Å². The van der Waals surface area contributed by atoms with Gasteiger partial charge in [-0.3, -0.25) is 9.69 Å². The summed E-state index contributed by atoms with van der Waals surface area (Å²) >= 11 is 1.27. The normalized spacial score (nSPS) is 18.0. The maximum absolute atomic E-state index is 11.2. The van der Waals surface area contributed by atoms with Crippen LogP contribution in [0.15, 0.2) is 24.5 Å². The molecule has 2 N–H and O–H groups in total.